The molecule has 3 unspecified atom stereocenters. The highest BCUT2D eigenvalue weighted by atomic mass is 31.2. The van der Waals surface area contributed by atoms with E-state index in [0.717, 1.165) is 121 Å². The summed E-state index contributed by atoms with van der Waals surface area (Å²) in [5.41, 5.74) is 0. The molecule has 17 nitrogen and oxygen atoms in total. The van der Waals surface area contributed by atoms with Gasteiger partial charge in [0.1, 0.15) is 19.3 Å². The minimum atomic E-state index is -4.96. The van der Waals surface area contributed by atoms with Gasteiger partial charge in [-0.1, -0.05) is 310 Å². The molecule has 0 radical (unpaired) electrons. The molecule has 6 atom stereocenters. The highest BCUT2D eigenvalue weighted by Crippen LogP contribution is 2.45. The van der Waals surface area contributed by atoms with Gasteiger partial charge >= 0.3 is 39.5 Å². The maximum Gasteiger partial charge on any atom is 0.472 e. The van der Waals surface area contributed by atoms with E-state index in [2.05, 4.69) is 65.8 Å². The van der Waals surface area contributed by atoms with E-state index in [1.807, 2.05) is 0 Å². The lowest BCUT2D eigenvalue weighted by Gasteiger charge is -2.21. The molecule has 0 aliphatic carbocycles. The molecule has 0 saturated carbocycles. The zero-order valence-electron chi connectivity index (χ0n) is 60.7. The third-order valence-electron chi connectivity index (χ3n) is 17.2. The topological polar surface area (TPSA) is 237 Å². The smallest absolute Gasteiger partial charge is 0.462 e. The maximum atomic E-state index is 13.1. The first-order valence-electron chi connectivity index (χ1n) is 38.3. The number of rotatable bonds is 72. The number of ether oxygens (including phenoxy) is 4. The number of hydrogen-bond donors (Lipinski definition) is 3. The summed E-state index contributed by atoms with van der Waals surface area (Å²) in [5, 5.41) is 10.6. The number of esters is 4. The average molecular weight is 1380 g/mol. The second-order valence-electron chi connectivity index (χ2n) is 27.1. The fourth-order valence-corrected chi connectivity index (χ4v) is 12.5. The molecule has 0 spiro atoms. The molecule has 94 heavy (non-hydrogen) atoms. The molecular formula is C75H142O17P2. The third kappa shape index (κ3) is 66.8. The van der Waals surface area contributed by atoms with E-state index >= 15 is 0 Å². The quantitative estimate of drug-likeness (QED) is 0.0169. The van der Waals surface area contributed by atoms with Crippen molar-refractivity contribution in [1.82, 2.24) is 0 Å². The van der Waals surface area contributed by atoms with Crippen molar-refractivity contribution in [2.45, 2.75) is 381 Å². The Kier molecular flexibility index (Phi) is 64.7. The molecule has 0 aromatic rings. The molecule has 19 heteroatoms. The lowest BCUT2D eigenvalue weighted by atomic mass is 9.99. The first-order chi connectivity index (χ1) is 45.4. The van der Waals surface area contributed by atoms with E-state index in [0.29, 0.717) is 25.7 Å². The van der Waals surface area contributed by atoms with E-state index in [9.17, 15) is 43.2 Å². The molecule has 554 valence electrons. The standard InChI is InChI=1S/C75H142O17P2/c1-7-10-12-14-16-18-19-20-22-26-29-33-40-46-52-58-73(78)86-64-70(91-74(79)59-53-47-41-34-30-27-24-21-23-25-28-32-37-43-49-55-67(4)5)65-89-93(81,82)87-61-69(76)62-88-94(83,84)90-66-71(63-85-72(77)57-51-45-39-31-17-15-13-11-8-2)92-75(80)60-54-48-42-36-35-38-44-50-56-68(6)9-3/h18-20,22,67-71,76H,7-17,21,23-66H2,1-6H3,(H,81,82)(H,83,84)/b19-18-,22-20-/t68?,69-,70-,71-/m1/s1. The van der Waals surface area contributed by atoms with Crippen LogP contribution >= 0.6 is 15.6 Å². The van der Waals surface area contributed by atoms with Crippen molar-refractivity contribution in [2.75, 3.05) is 39.6 Å². The van der Waals surface area contributed by atoms with Gasteiger partial charge in [0.05, 0.1) is 26.4 Å². The Hall–Kier alpha value is -2.46. The van der Waals surface area contributed by atoms with Crippen molar-refractivity contribution in [3.8, 4) is 0 Å². The Balaban J connectivity index is 5.27. The maximum absolute atomic E-state index is 13.1. The van der Waals surface area contributed by atoms with Crippen LogP contribution < -0.4 is 0 Å². The van der Waals surface area contributed by atoms with Crippen LogP contribution in [0.3, 0.4) is 0 Å². The summed E-state index contributed by atoms with van der Waals surface area (Å²) in [6, 6.07) is 0. The number of allylic oxidation sites excluding steroid dienone is 4. The van der Waals surface area contributed by atoms with Gasteiger partial charge < -0.3 is 33.8 Å². The Labute approximate surface area is 573 Å². The number of phosphoric ester groups is 2. The minimum absolute atomic E-state index is 0.101. The van der Waals surface area contributed by atoms with E-state index in [1.54, 1.807) is 0 Å². The molecule has 0 aromatic carbocycles. The van der Waals surface area contributed by atoms with Crippen LogP contribution in [-0.4, -0.2) is 96.7 Å². The van der Waals surface area contributed by atoms with Crippen molar-refractivity contribution >= 4 is 39.5 Å². The number of aliphatic hydroxyl groups is 1. The van der Waals surface area contributed by atoms with Gasteiger partial charge in [0.2, 0.25) is 0 Å². The molecule has 0 aromatic heterocycles. The van der Waals surface area contributed by atoms with Gasteiger partial charge in [-0.15, -0.1) is 0 Å². The summed E-state index contributed by atoms with van der Waals surface area (Å²) < 4.78 is 68.4. The summed E-state index contributed by atoms with van der Waals surface area (Å²) in [7, 11) is -9.92. The van der Waals surface area contributed by atoms with Crippen LogP contribution in [0.5, 0.6) is 0 Å². The van der Waals surface area contributed by atoms with Crippen LogP contribution in [-0.2, 0) is 65.4 Å². The van der Waals surface area contributed by atoms with Gasteiger partial charge in [-0.25, -0.2) is 9.13 Å². The number of hydrogen-bond acceptors (Lipinski definition) is 15. The summed E-state index contributed by atoms with van der Waals surface area (Å²) in [6.07, 6.45) is 56.2. The van der Waals surface area contributed by atoms with Crippen molar-refractivity contribution in [2.24, 2.45) is 11.8 Å². The first-order valence-corrected chi connectivity index (χ1v) is 41.3. The second-order valence-corrected chi connectivity index (χ2v) is 30.0. The summed E-state index contributed by atoms with van der Waals surface area (Å²) in [4.78, 5) is 72.7. The van der Waals surface area contributed by atoms with E-state index in [1.165, 1.54) is 161 Å². The number of unbranched alkanes of at least 4 members (excludes halogenated alkanes) is 38. The van der Waals surface area contributed by atoms with Gasteiger partial charge in [0.15, 0.2) is 12.2 Å². The highest BCUT2D eigenvalue weighted by Gasteiger charge is 2.30. The first kappa shape index (κ1) is 91.5. The highest BCUT2D eigenvalue weighted by molar-refractivity contribution is 7.47. The lowest BCUT2D eigenvalue weighted by Crippen LogP contribution is -2.30. The Morgan fingerprint density at radius 2 is 0.628 bits per heavy atom. The second kappa shape index (κ2) is 66.4. The van der Waals surface area contributed by atoms with Crippen molar-refractivity contribution in [3.63, 3.8) is 0 Å². The molecule has 0 aliphatic heterocycles. The molecule has 0 bridgehead atoms. The fourth-order valence-electron chi connectivity index (χ4n) is 10.9. The lowest BCUT2D eigenvalue weighted by molar-refractivity contribution is -0.161. The van der Waals surface area contributed by atoms with Crippen LogP contribution in [0.4, 0.5) is 0 Å². The van der Waals surface area contributed by atoms with Crippen molar-refractivity contribution in [3.05, 3.63) is 24.3 Å². The van der Waals surface area contributed by atoms with Gasteiger partial charge in [0.25, 0.3) is 0 Å². The zero-order valence-corrected chi connectivity index (χ0v) is 62.5. The predicted molar refractivity (Wildman–Crippen MR) is 381 cm³/mol. The van der Waals surface area contributed by atoms with Gasteiger partial charge in [-0.2, -0.15) is 0 Å². The van der Waals surface area contributed by atoms with Gasteiger partial charge in [-0.05, 0) is 63.2 Å². The molecule has 0 rings (SSSR count). The molecule has 0 aliphatic rings. The SMILES string of the molecule is CCCCCC/C=C\C=C/CCCCCCCC(=O)OC[C@H](COP(=O)(O)OC[C@@H](O)COP(=O)(O)OC[C@@H](COC(=O)CCCCCCCCCCC)OC(=O)CCCCCCCCCCC(C)CC)OC(=O)CCCCCCCCCCCCCCCCCC(C)C. The summed E-state index contributed by atoms with van der Waals surface area (Å²) >= 11 is 0. The van der Waals surface area contributed by atoms with E-state index < -0.39 is 97.5 Å². The average Bonchev–Trinajstić information content (AvgIpc) is 1.48. The summed E-state index contributed by atoms with van der Waals surface area (Å²) in [5.74, 6) is -0.581. The molecular weight excluding hydrogens is 1230 g/mol. The third-order valence-corrected chi connectivity index (χ3v) is 19.1. The van der Waals surface area contributed by atoms with E-state index in [4.69, 9.17) is 37.0 Å². The number of aliphatic hydroxyl groups excluding tert-OH is 1. The van der Waals surface area contributed by atoms with Gasteiger partial charge in [0, 0.05) is 25.7 Å². The van der Waals surface area contributed by atoms with Crippen LogP contribution in [0, 0.1) is 11.8 Å². The van der Waals surface area contributed by atoms with E-state index in [-0.39, 0.29) is 25.7 Å². The monoisotopic (exact) mass is 1380 g/mol. The zero-order chi connectivity index (χ0) is 69.3. The molecule has 0 heterocycles. The van der Waals surface area contributed by atoms with Crippen molar-refractivity contribution in [1.29, 1.82) is 0 Å². The van der Waals surface area contributed by atoms with Crippen LogP contribution in [0.25, 0.3) is 0 Å². The molecule has 3 N–H and O–H groups in total. The molecule has 0 fully saturated rings. The number of phosphoric acid groups is 2. The molecule has 0 saturated heterocycles. The van der Waals surface area contributed by atoms with Crippen molar-refractivity contribution < 1.29 is 80.2 Å². The Bertz CT molecular complexity index is 1920. The fraction of sp³-hybridized carbons (Fsp3) is 0.893. The minimum Gasteiger partial charge on any atom is -0.462 e. The van der Waals surface area contributed by atoms with Crippen LogP contribution in [0.1, 0.15) is 363 Å². The Morgan fingerprint density at radius 1 is 0.351 bits per heavy atom. The largest absolute Gasteiger partial charge is 0.472 e. The van der Waals surface area contributed by atoms with Crippen LogP contribution in [0.15, 0.2) is 24.3 Å². The van der Waals surface area contributed by atoms with Gasteiger partial charge in [-0.3, -0.25) is 37.3 Å². The predicted octanol–water partition coefficient (Wildman–Crippen LogP) is 21.5. The molecule has 0 amide bonds. The number of carbonyl (C=O) groups is 4. The number of carbonyl (C=O) groups excluding carboxylic acids is 4. The Morgan fingerprint density at radius 3 is 0.957 bits per heavy atom. The summed E-state index contributed by atoms with van der Waals surface area (Å²) in [6.45, 7) is 9.52. The normalized spacial score (nSPS) is 14.5. The van der Waals surface area contributed by atoms with Crippen LogP contribution in [0.2, 0.25) is 0 Å².